The van der Waals surface area contributed by atoms with Crippen LogP contribution in [0.4, 0.5) is 5.69 Å². The van der Waals surface area contributed by atoms with Crippen molar-refractivity contribution in [3.05, 3.63) is 23.8 Å². The average Bonchev–Trinajstić information content (AvgIpc) is 2.35. The Morgan fingerprint density at radius 2 is 2.06 bits per heavy atom. The van der Waals surface area contributed by atoms with Gasteiger partial charge in [0.1, 0.15) is 11.9 Å². The summed E-state index contributed by atoms with van der Waals surface area (Å²) < 4.78 is 6.19. The molecule has 17 heavy (non-hydrogen) atoms. The zero-order chi connectivity index (χ0) is 12.3. The van der Waals surface area contributed by atoms with Gasteiger partial charge in [-0.25, -0.2) is 0 Å². The molecule has 1 saturated carbocycles. The van der Waals surface area contributed by atoms with Crippen LogP contribution in [0.2, 0.25) is 0 Å². The van der Waals surface area contributed by atoms with E-state index in [1.807, 2.05) is 25.1 Å². The molecule has 1 aromatic rings. The van der Waals surface area contributed by atoms with Crippen molar-refractivity contribution in [2.75, 3.05) is 5.73 Å². The van der Waals surface area contributed by atoms with Crippen molar-refractivity contribution in [2.24, 2.45) is 5.92 Å². The molecule has 2 heteroatoms. The molecular weight excluding hydrogens is 210 g/mol. The molecule has 0 bridgehead atoms. The van der Waals surface area contributed by atoms with Gasteiger partial charge in [0.25, 0.3) is 0 Å². The second kappa shape index (κ2) is 5.44. The van der Waals surface area contributed by atoms with Crippen LogP contribution in [0.15, 0.2) is 18.2 Å². The molecule has 2 rings (SSSR count). The van der Waals surface area contributed by atoms with Crippen LogP contribution in [-0.2, 0) is 0 Å². The van der Waals surface area contributed by atoms with Crippen molar-refractivity contribution in [2.45, 2.75) is 52.1 Å². The maximum Gasteiger partial charge on any atom is 0.124 e. The summed E-state index contributed by atoms with van der Waals surface area (Å²) in [5.41, 5.74) is 7.82. The van der Waals surface area contributed by atoms with Gasteiger partial charge in [-0.2, -0.15) is 0 Å². The SMILES string of the molecule is CCC1CCCCC1Oc1cccc(N)c1C. The molecule has 2 nitrogen and oxygen atoms in total. The van der Waals surface area contributed by atoms with E-state index in [-0.39, 0.29) is 0 Å². The summed E-state index contributed by atoms with van der Waals surface area (Å²) in [5.74, 6) is 1.68. The van der Waals surface area contributed by atoms with E-state index in [0.29, 0.717) is 12.0 Å². The molecule has 1 aromatic carbocycles. The van der Waals surface area contributed by atoms with Crippen molar-refractivity contribution < 1.29 is 4.74 Å². The summed E-state index contributed by atoms with van der Waals surface area (Å²) >= 11 is 0. The van der Waals surface area contributed by atoms with Crippen molar-refractivity contribution in [1.82, 2.24) is 0 Å². The largest absolute Gasteiger partial charge is 0.490 e. The molecular formula is C15H23NO. The number of rotatable bonds is 3. The normalized spacial score (nSPS) is 24.6. The van der Waals surface area contributed by atoms with E-state index in [1.54, 1.807) is 0 Å². The molecule has 0 radical (unpaired) electrons. The summed E-state index contributed by atoms with van der Waals surface area (Å²) in [4.78, 5) is 0. The maximum atomic E-state index is 6.19. The van der Waals surface area contributed by atoms with Crippen LogP contribution in [-0.4, -0.2) is 6.10 Å². The molecule has 0 aliphatic heterocycles. The van der Waals surface area contributed by atoms with Crippen LogP contribution < -0.4 is 10.5 Å². The lowest BCUT2D eigenvalue weighted by atomic mass is 9.84. The Morgan fingerprint density at radius 3 is 2.82 bits per heavy atom. The summed E-state index contributed by atoms with van der Waals surface area (Å²) in [6.07, 6.45) is 6.74. The number of ether oxygens (including phenoxy) is 1. The summed E-state index contributed by atoms with van der Waals surface area (Å²) in [6, 6.07) is 5.94. The summed E-state index contributed by atoms with van der Waals surface area (Å²) in [5, 5.41) is 0. The Kier molecular flexibility index (Phi) is 3.93. The molecule has 1 fully saturated rings. The van der Waals surface area contributed by atoms with Crippen LogP contribution in [0.5, 0.6) is 5.75 Å². The van der Waals surface area contributed by atoms with Gasteiger partial charge in [-0.15, -0.1) is 0 Å². The van der Waals surface area contributed by atoms with Crippen LogP contribution in [0, 0.1) is 12.8 Å². The predicted octanol–water partition coefficient (Wildman–Crippen LogP) is 3.92. The van der Waals surface area contributed by atoms with E-state index in [4.69, 9.17) is 10.5 Å². The highest BCUT2D eigenvalue weighted by Gasteiger charge is 2.25. The second-order valence-corrected chi connectivity index (χ2v) is 5.08. The zero-order valence-corrected chi connectivity index (χ0v) is 10.9. The molecule has 0 amide bonds. The number of anilines is 1. The minimum atomic E-state index is 0.384. The third-order valence-electron chi connectivity index (χ3n) is 3.97. The Balaban J connectivity index is 2.11. The third-order valence-corrected chi connectivity index (χ3v) is 3.97. The van der Waals surface area contributed by atoms with Crippen molar-refractivity contribution in [3.8, 4) is 5.75 Å². The van der Waals surface area contributed by atoms with E-state index < -0.39 is 0 Å². The van der Waals surface area contributed by atoms with E-state index in [1.165, 1.54) is 32.1 Å². The lowest BCUT2D eigenvalue weighted by molar-refractivity contribution is 0.0898. The summed E-state index contributed by atoms with van der Waals surface area (Å²) in [6.45, 7) is 4.30. The molecule has 2 unspecified atom stereocenters. The Labute approximate surface area is 104 Å². The molecule has 0 heterocycles. The monoisotopic (exact) mass is 233 g/mol. The third kappa shape index (κ3) is 2.74. The van der Waals surface area contributed by atoms with Crippen LogP contribution in [0.25, 0.3) is 0 Å². The van der Waals surface area contributed by atoms with Gasteiger partial charge in [0.15, 0.2) is 0 Å². The molecule has 1 aliphatic carbocycles. The van der Waals surface area contributed by atoms with Crippen LogP contribution in [0.1, 0.15) is 44.6 Å². The van der Waals surface area contributed by atoms with E-state index in [0.717, 1.165) is 17.0 Å². The zero-order valence-electron chi connectivity index (χ0n) is 10.9. The van der Waals surface area contributed by atoms with Gasteiger partial charge >= 0.3 is 0 Å². The van der Waals surface area contributed by atoms with Crippen LogP contribution >= 0.6 is 0 Å². The molecule has 2 atom stereocenters. The first kappa shape index (κ1) is 12.3. The second-order valence-electron chi connectivity index (χ2n) is 5.08. The highest BCUT2D eigenvalue weighted by Crippen LogP contribution is 2.32. The number of nitrogen functional groups attached to an aromatic ring is 1. The smallest absolute Gasteiger partial charge is 0.124 e. The molecule has 1 aliphatic rings. The van der Waals surface area contributed by atoms with Gasteiger partial charge in [0.05, 0.1) is 0 Å². The van der Waals surface area contributed by atoms with Gasteiger partial charge in [0.2, 0.25) is 0 Å². The highest BCUT2D eigenvalue weighted by molar-refractivity contribution is 5.53. The average molecular weight is 233 g/mol. The van der Waals surface area contributed by atoms with Crippen LogP contribution in [0.3, 0.4) is 0 Å². The van der Waals surface area contributed by atoms with E-state index >= 15 is 0 Å². The standard InChI is InChI=1S/C15H23NO/c1-3-12-7-4-5-9-15(12)17-14-10-6-8-13(16)11(14)2/h6,8,10,12,15H,3-5,7,9,16H2,1-2H3. The first-order chi connectivity index (χ1) is 8.22. The molecule has 2 N–H and O–H groups in total. The number of hydrogen-bond acceptors (Lipinski definition) is 2. The molecule has 0 spiro atoms. The molecule has 94 valence electrons. The Morgan fingerprint density at radius 1 is 1.29 bits per heavy atom. The van der Waals surface area contributed by atoms with Crippen molar-refractivity contribution in [3.63, 3.8) is 0 Å². The minimum Gasteiger partial charge on any atom is -0.490 e. The lowest BCUT2D eigenvalue weighted by Gasteiger charge is -2.31. The molecule has 0 aromatic heterocycles. The van der Waals surface area contributed by atoms with Crippen molar-refractivity contribution >= 4 is 5.69 Å². The quantitative estimate of drug-likeness (QED) is 0.803. The van der Waals surface area contributed by atoms with E-state index in [9.17, 15) is 0 Å². The number of hydrogen-bond donors (Lipinski definition) is 1. The fourth-order valence-corrected chi connectivity index (χ4v) is 2.72. The predicted molar refractivity (Wildman–Crippen MR) is 72.3 cm³/mol. The topological polar surface area (TPSA) is 35.2 Å². The number of nitrogens with two attached hydrogens (primary N) is 1. The van der Waals surface area contributed by atoms with Gasteiger partial charge in [-0.1, -0.05) is 19.4 Å². The van der Waals surface area contributed by atoms with Gasteiger partial charge in [-0.3, -0.25) is 0 Å². The fourth-order valence-electron chi connectivity index (χ4n) is 2.72. The molecule has 0 saturated heterocycles. The summed E-state index contributed by atoms with van der Waals surface area (Å²) in [7, 11) is 0. The first-order valence-corrected chi connectivity index (χ1v) is 6.74. The minimum absolute atomic E-state index is 0.384. The Hall–Kier alpha value is -1.18. The lowest BCUT2D eigenvalue weighted by Crippen LogP contribution is -2.30. The fraction of sp³-hybridized carbons (Fsp3) is 0.600. The van der Waals surface area contributed by atoms with Gasteiger partial charge in [-0.05, 0) is 50.7 Å². The number of benzene rings is 1. The first-order valence-electron chi connectivity index (χ1n) is 6.74. The Bertz CT molecular complexity index is 375. The highest BCUT2D eigenvalue weighted by atomic mass is 16.5. The van der Waals surface area contributed by atoms with Gasteiger partial charge < -0.3 is 10.5 Å². The van der Waals surface area contributed by atoms with Gasteiger partial charge in [0, 0.05) is 11.3 Å². The van der Waals surface area contributed by atoms with Crippen molar-refractivity contribution in [1.29, 1.82) is 0 Å². The maximum absolute atomic E-state index is 6.19. The van der Waals surface area contributed by atoms with E-state index in [2.05, 4.69) is 6.92 Å².